The first-order valence-corrected chi connectivity index (χ1v) is 7.34. The van der Waals surface area contributed by atoms with Gasteiger partial charge in [0.25, 0.3) is 0 Å². The summed E-state index contributed by atoms with van der Waals surface area (Å²) in [6.45, 7) is 5.04. The van der Waals surface area contributed by atoms with Gasteiger partial charge in [0.15, 0.2) is 0 Å². The second-order valence-electron chi connectivity index (χ2n) is 3.92. The summed E-state index contributed by atoms with van der Waals surface area (Å²) in [7, 11) is 1.98. The fourth-order valence-corrected chi connectivity index (χ4v) is 3.56. The van der Waals surface area contributed by atoms with E-state index in [2.05, 4.69) is 54.8 Å². The van der Waals surface area contributed by atoms with E-state index in [0.717, 1.165) is 16.7 Å². The van der Waals surface area contributed by atoms with E-state index in [1.54, 1.807) is 11.3 Å². The number of nitrogens with zero attached hydrogens (tertiary/aromatic N) is 2. The van der Waals surface area contributed by atoms with Gasteiger partial charge >= 0.3 is 0 Å². The van der Waals surface area contributed by atoms with E-state index in [4.69, 9.17) is 0 Å². The van der Waals surface area contributed by atoms with Crippen LogP contribution in [0, 0.1) is 6.92 Å². The third kappa shape index (κ3) is 2.46. The number of halogens is 1. The third-order valence-electron chi connectivity index (χ3n) is 2.77. The van der Waals surface area contributed by atoms with Crippen molar-refractivity contribution in [3.8, 4) is 0 Å². The molecule has 2 heterocycles. The largest absolute Gasteiger partial charge is 0.308 e. The molecule has 0 aliphatic carbocycles. The Kier molecular flexibility index (Phi) is 4.01. The fraction of sp³-hybridized carbons (Fsp3) is 0.417. The molecule has 0 amide bonds. The van der Waals surface area contributed by atoms with Crippen molar-refractivity contribution in [2.24, 2.45) is 0 Å². The van der Waals surface area contributed by atoms with E-state index >= 15 is 0 Å². The molecular weight excluding hydrogens is 298 g/mol. The molecule has 1 unspecified atom stereocenters. The highest BCUT2D eigenvalue weighted by molar-refractivity contribution is 9.10. The van der Waals surface area contributed by atoms with Crippen molar-refractivity contribution >= 4 is 27.3 Å². The van der Waals surface area contributed by atoms with Crippen LogP contribution >= 0.6 is 27.3 Å². The van der Waals surface area contributed by atoms with Gasteiger partial charge in [0.1, 0.15) is 0 Å². The average Bonchev–Trinajstić information content (AvgIpc) is 2.88. The molecule has 5 heteroatoms. The number of aromatic nitrogens is 2. The molecule has 3 nitrogen and oxygen atoms in total. The monoisotopic (exact) mass is 313 g/mol. The van der Waals surface area contributed by atoms with E-state index in [1.165, 1.54) is 11.3 Å². The Morgan fingerprint density at radius 1 is 1.53 bits per heavy atom. The number of hydrogen-bond acceptors (Lipinski definition) is 3. The van der Waals surface area contributed by atoms with E-state index < -0.39 is 0 Å². The van der Waals surface area contributed by atoms with Crippen molar-refractivity contribution in [2.75, 3.05) is 7.05 Å². The maximum atomic E-state index is 4.50. The highest BCUT2D eigenvalue weighted by atomic mass is 79.9. The van der Waals surface area contributed by atoms with Gasteiger partial charge < -0.3 is 5.32 Å². The minimum absolute atomic E-state index is 0.191. The molecule has 0 saturated heterocycles. The van der Waals surface area contributed by atoms with Crippen LogP contribution in [0.1, 0.15) is 29.9 Å². The van der Waals surface area contributed by atoms with Crippen LogP contribution in [-0.4, -0.2) is 16.8 Å². The zero-order chi connectivity index (χ0) is 12.4. The minimum atomic E-state index is 0.191. The molecule has 0 aliphatic heterocycles. The lowest BCUT2D eigenvalue weighted by atomic mass is 10.1. The summed E-state index contributed by atoms with van der Waals surface area (Å²) in [6, 6.07) is 2.34. The lowest BCUT2D eigenvalue weighted by Crippen LogP contribution is -2.21. The van der Waals surface area contributed by atoms with Crippen LogP contribution in [0.4, 0.5) is 0 Å². The maximum absolute atomic E-state index is 4.50. The molecule has 0 aliphatic rings. The van der Waals surface area contributed by atoms with E-state index in [0.29, 0.717) is 0 Å². The van der Waals surface area contributed by atoms with Crippen molar-refractivity contribution in [3.05, 3.63) is 38.3 Å². The number of thiophene rings is 1. The van der Waals surface area contributed by atoms with Crippen LogP contribution in [0.25, 0.3) is 0 Å². The van der Waals surface area contributed by atoms with Gasteiger partial charge in [-0.25, -0.2) is 0 Å². The summed E-state index contributed by atoms with van der Waals surface area (Å²) in [5.41, 5.74) is 3.55. The summed E-state index contributed by atoms with van der Waals surface area (Å²) in [5, 5.41) is 12.2. The molecule has 0 fully saturated rings. The van der Waals surface area contributed by atoms with E-state index in [1.807, 2.05) is 14.0 Å². The fourth-order valence-electron chi connectivity index (χ4n) is 2.01. The molecule has 1 N–H and O–H groups in total. The Morgan fingerprint density at radius 3 is 2.82 bits per heavy atom. The second kappa shape index (κ2) is 5.33. The molecule has 0 bridgehead atoms. The van der Waals surface area contributed by atoms with Gasteiger partial charge in [0.2, 0.25) is 0 Å². The SMILES string of the molecule is CCn1nc(C)cc1C(NC)c1cscc1Br. The summed E-state index contributed by atoms with van der Waals surface area (Å²) in [6.07, 6.45) is 0. The minimum Gasteiger partial charge on any atom is -0.308 e. The molecular formula is C12H16BrN3S. The number of rotatable bonds is 4. The molecule has 17 heavy (non-hydrogen) atoms. The van der Waals surface area contributed by atoms with Crippen LogP contribution in [0.5, 0.6) is 0 Å². The van der Waals surface area contributed by atoms with Crippen LogP contribution in [0.3, 0.4) is 0 Å². The van der Waals surface area contributed by atoms with E-state index in [-0.39, 0.29) is 6.04 Å². The van der Waals surface area contributed by atoms with Crippen molar-refractivity contribution in [2.45, 2.75) is 26.4 Å². The Labute approximate surface area is 114 Å². The van der Waals surface area contributed by atoms with Crippen molar-refractivity contribution in [1.82, 2.24) is 15.1 Å². The van der Waals surface area contributed by atoms with Crippen molar-refractivity contribution < 1.29 is 0 Å². The average molecular weight is 314 g/mol. The number of hydrogen-bond donors (Lipinski definition) is 1. The molecule has 0 aromatic carbocycles. The van der Waals surface area contributed by atoms with E-state index in [9.17, 15) is 0 Å². The van der Waals surface area contributed by atoms with Crippen molar-refractivity contribution in [1.29, 1.82) is 0 Å². The molecule has 92 valence electrons. The Morgan fingerprint density at radius 2 is 2.29 bits per heavy atom. The molecule has 0 saturated carbocycles. The van der Waals surface area contributed by atoms with Gasteiger partial charge in [0.05, 0.1) is 17.4 Å². The van der Waals surface area contributed by atoms with Gasteiger partial charge in [-0.1, -0.05) is 0 Å². The van der Waals surface area contributed by atoms with Gasteiger partial charge in [-0.2, -0.15) is 16.4 Å². The molecule has 1 atom stereocenters. The summed E-state index contributed by atoms with van der Waals surface area (Å²) >= 11 is 5.31. The molecule has 0 spiro atoms. The predicted octanol–water partition coefficient (Wildman–Crippen LogP) is 3.34. The summed E-state index contributed by atoms with van der Waals surface area (Å²) < 4.78 is 3.21. The lowest BCUT2D eigenvalue weighted by Gasteiger charge is -2.17. The van der Waals surface area contributed by atoms with Crippen LogP contribution in [0.2, 0.25) is 0 Å². The standard InChI is InChI=1S/C12H16BrN3S/c1-4-16-11(5-8(2)15-16)12(14-3)9-6-17-7-10(9)13/h5-7,12,14H,4H2,1-3H3. The van der Waals surface area contributed by atoms with Crippen molar-refractivity contribution in [3.63, 3.8) is 0 Å². The van der Waals surface area contributed by atoms with Gasteiger partial charge in [-0.15, -0.1) is 0 Å². The first-order valence-electron chi connectivity index (χ1n) is 5.60. The highest BCUT2D eigenvalue weighted by Gasteiger charge is 2.20. The first kappa shape index (κ1) is 12.8. The van der Waals surface area contributed by atoms with Crippen LogP contribution < -0.4 is 5.32 Å². The smallest absolute Gasteiger partial charge is 0.0765 e. The predicted molar refractivity (Wildman–Crippen MR) is 75.6 cm³/mol. The summed E-state index contributed by atoms with van der Waals surface area (Å²) in [4.78, 5) is 0. The number of aryl methyl sites for hydroxylation is 2. The Hall–Kier alpha value is -0.650. The lowest BCUT2D eigenvalue weighted by molar-refractivity contribution is 0.561. The highest BCUT2D eigenvalue weighted by Crippen LogP contribution is 2.31. The zero-order valence-electron chi connectivity index (χ0n) is 10.2. The zero-order valence-corrected chi connectivity index (χ0v) is 12.6. The van der Waals surface area contributed by atoms with Crippen LogP contribution in [-0.2, 0) is 6.54 Å². The molecule has 0 radical (unpaired) electrons. The third-order valence-corrected chi connectivity index (χ3v) is 4.52. The topological polar surface area (TPSA) is 29.9 Å². The Bertz CT molecular complexity index is 504. The van der Waals surface area contributed by atoms with Gasteiger partial charge in [0, 0.05) is 16.4 Å². The summed E-state index contributed by atoms with van der Waals surface area (Å²) in [5.74, 6) is 0. The molecule has 2 aromatic rings. The number of nitrogens with one attached hydrogen (secondary N) is 1. The Balaban J connectivity index is 2.45. The maximum Gasteiger partial charge on any atom is 0.0765 e. The molecule has 2 aromatic heterocycles. The quantitative estimate of drug-likeness (QED) is 0.938. The first-order chi connectivity index (χ1) is 8.17. The van der Waals surface area contributed by atoms with Gasteiger partial charge in [-0.3, -0.25) is 4.68 Å². The molecule has 2 rings (SSSR count). The van der Waals surface area contributed by atoms with Crippen LogP contribution in [0.15, 0.2) is 21.3 Å². The second-order valence-corrected chi connectivity index (χ2v) is 5.52. The van der Waals surface area contributed by atoms with Gasteiger partial charge in [-0.05, 0) is 53.8 Å². The normalized spacial score (nSPS) is 12.9.